The second-order valence-electron chi connectivity index (χ2n) is 5.32. The van der Waals surface area contributed by atoms with E-state index in [-0.39, 0.29) is 0 Å². The smallest absolute Gasteiger partial charge is 0.323 e. The number of carboxylic acids is 1. The predicted octanol–water partition coefficient (Wildman–Crippen LogP) is 2.34. The number of unbranched alkanes of at least 4 members (excludes halogenated alkanes) is 1. The summed E-state index contributed by atoms with van der Waals surface area (Å²) < 4.78 is 0. The average molecular weight is 258 g/mol. The SMILES string of the molecule is CCCCN(C)CCCC(C)(NCCC)C(=O)O. The van der Waals surface area contributed by atoms with Crippen LogP contribution >= 0.6 is 0 Å². The average Bonchev–Trinajstić information content (AvgIpc) is 2.33. The van der Waals surface area contributed by atoms with Crippen molar-refractivity contribution in [1.82, 2.24) is 10.2 Å². The van der Waals surface area contributed by atoms with Crippen molar-refractivity contribution in [2.45, 2.75) is 58.4 Å². The van der Waals surface area contributed by atoms with Crippen LogP contribution in [-0.2, 0) is 4.79 Å². The fourth-order valence-corrected chi connectivity index (χ4v) is 1.91. The van der Waals surface area contributed by atoms with Gasteiger partial charge >= 0.3 is 5.97 Å². The van der Waals surface area contributed by atoms with E-state index in [1.807, 2.05) is 6.92 Å². The van der Waals surface area contributed by atoms with Crippen molar-refractivity contribution in [2.75, 3.05) is 26.7 Å². The normalized spacial score (nSPS) is 14.7. The van der Waals surface area contributed by atoms with Gasteiger partial charge in [0.1, 0.15) is 5.54 Å². The van der Waals surface area contributed by atoms with Crippen LogP contribution in [0.15, 0.2) is 0 Å². The molecule has 0 radical (unpaired) electrons. The maximum Gasteiger partial charge on any atom is 0.323 e. The van der Waals surface area contributed by atoms with Crippen LogP contribution < -0.4 is 5.32 Å². The van der Waals surface area contributed by atoms with Crippen LogP contribution in [-0.4, -0.2) is 48.2 Å². The molecule has 4 heteroatoms. The largest absolute Gasteiger partial charge is 0.480 e. The summed E-state index contributed by atoms with van der Waals surface area (Å²) in [6, 6.07) is 0. The van der Waals surface area contributed by atoms with E-state index in [4.69, 9.17) is 0 Å². The lowest BCUT2D eigenvalue weighted by Crippen LogP contribution is -2.50. The van der Waals surface area contributed by atoms with Gasteiger partial charge in [0.05, 0.1) is 0 Å². The van der Waals surface area contributed by atoms with Crippen LogP contribution in [0, 0.1) is 0 Å². The van der Waals surface area contributed by atoms with Gasteiger partial charge in [0.15, 0.2) is 0 Å². The van der Waals surface area contributed by atoms with E-state index in [0.717, 1.165) is 32.5 Å². The number of nitrogens with zero attached hydrogens (tertiary/aromatic N) is 1. The highest BCUT2D eigenvalue weighted by atomic mass is 16.4. The number of hydrogen-bond acceptors (Lipinski definition) is 3. The third kappa shape index (κ3) is 6.97. The molecule has 0 heterocycles. The second kappa shape index (κ2) is 9.34. The van der Waals surface area contributed by atoms with Crippen molar-refractivity contribution in [2.24, 2.45) is 0 Å². The first-order chi connectivity index (χ1) is 8.46. The Balaban J connectivity index is 4.00. The topological polar surface area (TPSA) is 52.6 Å². The molecule has 0 bridgehead atoms. The number of aliphatic carboxylic acids is 1. The molecule has 1 atom stereocenters. The predicted molar refractivity (Wildman–Crippen MR) is 76.0 cm³/mol. The summed E-state index contributed by atoms with van der Waals surface area (Å²) >= 11 is 0. The molecule has 0 aliphatic heterocycles. The minimum atomic E-state index is -0.776. The van der Waals surface area contributed by atoms with Gasteiger partial charge in [-0.3, -0.25) is 4.79 Å². The van der Waals surface area contributed by atoms with Crippen molar-refractivity contribution in [3.63, 3.8) is 0 Å². The van der Waals surface area contributed by atoms with Crippen molar-refractivity contribution < 1.29 is 9.90 Å². The first kappa shape index (κ1) is 17.4. The van der Waals surface area contributed by atoms with Crippen molar-refractivity contribution in [1.29, 1.82) is 0 Å². The molecule has 0 aromatic rings. The highest BCUT2D eigenvalue weighted by Gasteiger charge is 2.31. The third-order valence-corrected chi connectivity index (χ3v) is 3.35. The van der Waals surface area contributed by atoms with Crippen LogP contribution in [0.3, 0.4) is 0 Å². The van der Waals surface area contributed by atoms with Crippen LogP contribution in [0.2, 0.25) is 0 Å². The minimum absolute atomic E-state index is 0.679. The Bertz CT molecular complexity index is 234. The van der Waals surface area contributed by atoms with Gasteiger partial charge in [-0.1, -0.05) is 20.3 Å². The number of hydrogen-bond donors (Lipinski definition) is 2. The van der Waals surface area contributed by atoms with E-state index in [0.29, 0.717) is 6.42 Å². The molecule has 0 fully saturated rings. The van der Waals surface area contributed by atoms with Gasteiger partial charge in [0.25, 0.3) is 0 Å². The zero-order chi connectivity index (χ0) is 14.0. The maximum absolute atomic E-state index is 11.3. The summed E-state index contributed by atoms with van der Waals surface area (Å²) in [6.07, 6.45) is 4.97. The van der Waals surface area contributed by atoms with Crippen LogP contribution in [0.1, 0.15) is 52.9 Å². The third-order valence-electron chi connectivity index (χ3n) is 3.35. The Kier molecular flexibility index (Phi) is 9.02. The molecule has 0 aliphatic carbocycles. The lowest BCUT2D eigenvalue weighted by Gasteiger charge is -2.27. The van der Waals surface area contributed by atoms with Gasteiger partial charge in [-0.05, 0) is 59.3 Å². The summed E-state index contributed by atoms with van der Waals surface area (Å²) in [6.45, 7) is 8.85. The molecule has 0 aromatic carbocycles. The molecule has 0 spiro atoms. The lowest BCUT2D eigenvalue weighted by molar-refractivity contribution is -0.144. The van der Waals surface area contributed by atoms with Gasteiger partial charge in [-0.2, -0.15) is 0 Å². The van der Waals surface area contributed by atoms with Gasteiger partial charge in [0, 0.05) is 0 Å². The van der Waals surface area contributed by atoms with Crippen LogP contribution in [0.5, 0.6) is 0 Å². The molecule has 4 nitrogen and oxygen atoms in total. The van der Waals surface area contributed by atoms with Gasteiger partial charge in [-0.15, -0.1) is 0 Å². The zero-order valence-corrected chi connectivity index (χ0v) is 12.5. The maximum atomic E-state index is 11.3. The molecule has 1 unspecified atom stereocenters. The van der Waals surface area contributed by atoms with Crippen LogP contribution in [0.25, 0.3) is 0 Å². The Labute approximate surface area is 112 Å². The first-order valence-corrected chi connectivity index (χ1v) is 7.13. The fourth-order valence-electron chi connectivity index (χ4n) is 1.91. The summed E-state index contributed by atoms with van der Waals surface area (Å²) in [5.74, 6) is -0.743. The second-order valence-corrected chi connectivity index (χ2v) is 5.32. The summed E-state index contributed by atoms with van der Waals surface area (Å²) in [4.78, 5) is 13.6. The van der Waals surface area contributed by atoms with Gasteiger partial charge < -0.3 is 15.3 Å². The highest BCUT2D eigenvalue weighted by molar-refractivity contribution is 5.78. The van der Waals surface area contributed by atoms with Gasteiger partial charge in [0.2, 0.25) is 0 Å². The van der Waals surface area contributed by atoms with Crippen molar-refractivity contribution in [3.05, 3.63) is 0 Å². The van der Waals surface area contributed by atoms with Crippen molar-refractivity contribution >= 4 is 5.97 Å². The molecular formula is C14H30N2O2. The van der Waals surface area contributed by atoms with E-state index in [1.54, 1.807) is 6.92 Å². The fraction of sp³-hybridized carbons (Fsp3) is 0.929. The van der Waals surface area contributed by atoms with Crippen LogP contribution in [0.4, 0.5) is 0 Å². The molecule has 2 N–H and O–H groups in total. The summed E-state index contributed by atoms with van der Waals surface area (Å²) in [5, 5.41) is 12.4. The molecule has 0 saturated heterocycles. The molecule has 0 rings (SSSR count). The molecule has 18 heavy (non-hydrogen) atoms. The van der Waals surface area contributed by atoms with E-state index < -0.39 is 11.5 Å². The Morgan fingerprint density at radius 1 is 1.22 bits per heavy atom. The van der Waals surface area contributed by atoms with Crippen molar-refractivity contribution in [3.8, 4) is 0 Å². The van der Waals surface area contributed by atoms with E-state index >= 15 is 0 Å². The Hall–Kier alpha value is -0.610. The minimum Gasteiger partial charge on any atom is -0.480 e. The lowest BCUT2D eigenvalue weighted by atomic mass is 9.95. The molecular weight excluding hydrogens is 228 g/mol. The molecule has 0 saturated carbocycles. The molecule has 108 valence electrons. The van der Waals surface area contributed by atoms with Gasteiger partial charge in [-0.25, -0.2) is 0 Å². The molecule has 0 amide bonds. The summed E-state index contributed by atoms with van der Waals surface area (Å²) in [7, 11) is 2.10. The number of carboxylic acid groups (broad SMARTS) is 1. The van der Waals surface area contributed by atoms with E-state index in [1.165, 1.54) is 12.8 Å². The number of carbonyl (C=O) groups is 1. The first-order valence-electron chi connectivity index (χ1n) is 7.13. The zero-order valence-electron chi connectivity index (χ0n) is 12.5. The molecule has 0 aromatic heterocycles. The highest BCUT2D eigenvalue weighted by Crippen LogP contribution is 2.13. The number of nitrogens with one attached hydrogen (secondary N) is 1. The quantitative estimate of drug-likeness (QED) is 0.597. The molecule has 0 aliphatic rings. The number of rotatable bonds is 11. The summed E-state index contributed by atoms with van der Waals surface area (Å²) in [5.41, 5.74) is -0.776. The monoisotopic (exact) mass is 258 g/mol. The standard InChI is InChI=1S/C14H30N2O2/c1-5-7-11-16(4)12-8-9-14(3,13(17)18)15-10-6-2/h15H,5-12H2,1-4H3,(H,17,18). The van der Waals surface area contributed by atoms with E-state index in [2.05, 4.69) is 24.2 Å². The van der Waals surface area contributed by atoms with E-state index in [9.17, 15) is 9.90 Å². The Morgan fingerprint density at radius 3 is 2.33 bits per heavy atom. The Morgan fingerprint density at radius 2 is 1.83 bits per heavy atom.